The summed E-state index contributed by atoms with van der Waals surface area (Å²) < 4.78 is 5.84. The lowest BCUT2D eigenvalue weighted by atomic mass is 10.0. The summed E-state index contributed by atoms with van der Waals surface area (Å²) >= 11 is 0. The van der Waals surface area contributed by atoms with E-state index in [-0.39, 0.29) is 24.6 Å². The smallest absolute Gasteiger partial charge is 0.336 e. The van der Waals surface area contributed by atoms with Crippen LogP contribution in [0.4, 0.5) is 0 Å². The van der Waals surface area contributed by atoms with Crippen molar-refractivity contribution in [3.05, 3.63) is 107 Å². The zero-order valence-corrected chi connectivity index (χ0v) is 17.5. The number of para-hydroxylation sites is 1. The van der Waals surface area contributed by atoms with Gasteiger partial charge in [-0.2, -0.15) is 0 Å². The van der Waals surface area contributed by atoms with Crippen LogP contribution in [0.5, 0.6) is 5.75 Å². The summed E-state index contributed by atoms with van der Waals surface area (Å²) in [5.41, 5.74) is 3.55. The highest BCUT2D eigenvalue weighted by atomic mass is 16.5. The third kappa shape index (κ3) is 4.75. The first kappa shape index (κ1) is 21.1. The first-order valence-corrected chi connectivity index (χ1v) is 10.2. The van der Waals surface area contributed by atoms with Crippen LogP contribution in [-0.4, -0.2) is 22.0 Å². The fraction of sp³-hybridized carbons (Fsp3) is 0.115. The second-order valence-electron chi connectivity index (χ2n) is 7.41. The van der Waals surface area contributed by atoms with E-state index in [2.05, 4.69) is 10.3 Å². The molecule has 4 aromatic rings. The van der Waals surface area contributed by atoms with Gasteiger partial charge < -0.3 is 15.2 Å². The van der Waals surface area contributed by atoms with Crippen LogP contribution < -0.4 is 10.1 Å². The molecule has 0 spiro atoms. The van der Waals surface area contributed by atoms with Crippen LogP contribution in [0.15, 0.2) is 78.9 Å². The number of hydrogen-bond acceptors (Lipinski definition) is 4. The van der Waals surface area contributed by atoms with Crippen LogP contribution in [0.2, 0.25) is 0 Å². The Hall–Kier alpha value is -4.19. The van der Waals surface area contributed by atoms with Gasteiger partial charge in [0.1, 0.15) is 12.4 Å². The number of nitrogens with zero attached hydrogens (tertiary/aromatic N) is 1. The quantitative estimate of drug-likeness (QED) is 0.445. The predicted molar refractivity (Wildman–Crippen MR) is 122 cm³/mol. The van der Waals surface area contributed by atoms with E-state index >= 15 is 0 Å². The molecule has 0 aliphatic rings. The molecule has 0 saturated carbocycles. The van der Waals surface area contributed by atoms with Crippen molar-refractivity contribution < 1.29 is 19.4 Å². The van der Waals surface area contributed by atoms with Crippen molar-refractivity contribution in [1.29, 1.82) is 0 Å². The number of amides is 1. The number of aromatic carboxylic acids is 1. The molecule has 160 valence electrons. The maximum atomic E-state index is 12.6. The Morgan fingerprint density at radius 3 is 2.62 bits per heavy atom. The van der Waals surface area contributed by atoms with E-state index < -0.39 is 5.97 Å². The molecular weight excluding hydrogens is 404 g/mol. The van der Waals surface area contributed by atoms with Crippen molar-refractivity contribution in [2.75, 3.05) is 0 Å². The summed E-state index contributed by atoms with van der Waals surface area (Å²) in [5.74, 6) is -0.767. The van der Waals surface area contributed by atoms with Crippen LogP contribution >= 0.6 is 0 Å². The molecule has 0 radical (unpaired) electrons. The van der Waals surface area contributed by atoms with Crippen molar-refractivity contribution in [3.8, 4) is 5.75 Å². The molecule has 6 nitrogen and oxygen atoms in total. The summed E-state index contributed by atoms with van der Waals surface area (Å²) in [4.78, 5) is 28.7. The zero-order valence-electron chi connectivity index (χ0n) is 17.5. The largest absolute Gasteiger partial charge is 0.487 e. The Morgan fingerprint density at radius 1 is 0.969 bits per heavy atom. The molecule has 1 amide bonds. The van der Waals surface area contributed by atoms with E-state index in [1.807, 2.05) is 36.4 Å². The van der Waals surface area contributed by atoms with E-state index in [9.17, 15) is 14.7 Å². The maximum absolute atomic E-state index is 12.6. The molecule has 0 saturated heterocycles. The van der Waals surface area contributed by atoms with Gasteiger partial charge in [0.25, 0.3) is 5.91 Å². The minimum absolute atomic E-state index is 0.119. The third-order valence-electron chi connectivity index (χ3n) is 5.15. The number of ether oxygens (including phenoxy) is 1. The summed E-state index contributed by atoms with van der Waals surface area (Å²) in [6.07, 6.45) is 0. The number of aromatic nitrogens is 1. The number of rotatable bonds is 7. The Morgan fingerprint density at radius 2 is 1.78 bits per heavy atom. The van der Waals surface area contributed by atoms with Crippen molar-refractivity contribution in [3.63, 3.8) is 0 Å². The molecule has 0 fully saturated rings. The molecule has 0 atom stereocenters. The molecule has 32 heavy (non-hydrogen) atoms. The number of carbonyl (C=O) groups excluding carboxylic acids is 1. The van der Waals surface area contributed by atoms with Crippen molar-refractivity contribution >= 4 is 22.8 Å². The van der Waals surface area contributed by atoms with Crippen LogP contribution in [0, 0.1) is 6.92 Å². The van der Waals surface area contributed by atoms with Crippen LogP contribution in [-0.2, 0) is 13.2 Å². The van der Waals surface area contributed by atoms with Crippen LogP contribution in [0.3, 0.4) is 0 Å². The predicted octanol–water partition coefficient (Wildman–Crippen LogP) is 4.75. The number of nitrogens with one attached hydrogen (secondary N) is 1. The number of fused-ring (bicyclic) bond motifs is 1. The third-order valence-corrected chi connectivity index (χ3v) is 5.15. The average molecular weight is 426 g/mol. The SMILES string of the molecule is Cc1cccc(CNC(=O)c2cccc(OCc3ccc4ccccc4n3)c2)c1C(=O)O. The zero-order chi connectivity index (χ0) is 22.5. The highest BCUT2D eigenvalue weighted by Crippen LogP contribution is 2.18. The fourth-order valence-electron chi connectivity index (χ4n) is 3.53. The van der Waals surface area contributed by atoms with Gasteiger partial charge in [-0.05, 0) is 48.4 Å². The lowest BCUT2D eigenvalue weighted by Gasteiger charge is -2.11. The second-order valence-corrected chi connectivity index (χ2v) is 7.41. The lowest BCUT2D eigenvalue weighted by molar-refractivity contribution is 0.0693. The Balaban J connectivity index is 1.41. The van der Waals surface area contributed by atoms with Gasteiger partial charge in [-0.3, -0.25) is 4.79 Å². The van der Waals surface area contributed by atoms with Gasteiger partial charge in [-0.15, -0.1) is 0 Å². The van der Waals surface area contributed by atoms with E-state index in [4.69, 9.17) is 4.74 Å². The molecule has 1 heterocycles. The Bertz CT molecular complexity index is 1300. The highest BCUT2D eigenvalue weighted by Gasteiger charge is 2.14. The number of carboxylic acid groups (broad SMARTS) is 1. The molecule has 4 rings (SSSR count). The second kappa shape index (κ2) is 9.31. The molecule has 1 aromatic heterocycles. The monoisotopic (exact) mass is 426 g/mol. The van der Waals surface area contributed by atoms with Crippen molar-refractivity contribution in [1.82, 2.24) is 10.3 Å². The first-order valence-electron chi connectivity index (χ1n) is 10.2. The summed E-state index contributed by atoms with van der Waals surface area (Å²) in [7, 11) is 0. The molecular formula is C26H22N2O4. The average Bonchev–Trinajstić information content (AvgIpc) is 2.81. The standard InChI is InChI=1S/C26H22N2O4/c1-17-6-4-9-20(24(17)26(30)31)15-27-25(29)19-8-5-10-22(14-19)32-16-21-13-12-18-7-2-3-11-23(18)28-21/h2-14H,15-16H2,1H3,(H,27,29)(H,30,31). The van der Waals surface area contributed by atoms with Gasteiger partial charge in [0, 0.05) is 17.5 Å². The maximum Gasteiger partial charge on any atom is 0.336 e. The van der Waals surface area contributed by atoms with Gasteiger partial charge >= 0.3 is 5.97 Å². The van der Waals surface area contributed by atoms with E-state index in [0.717, 1.165) is 16.6 Å². The molecule has 2 N–H and O–H groups in total. The molecule has 0 unspecified atom stereocenters. The lowest BCUT2D eigenvalue weighted by Crippen LogP contribution is -2.24. The van der Waals surface area contributed by atoms with E-state index in [0.29, 0.717) is 22.4 Å². The molecule has 0 aliphatic carbocycles. The van der Waals surface area contributed by atoms with Crippen LogP contribution in [0.1, 0.15) is 37.5 Å². The van der Waals surface area contributed by atoms with Gasteiger partial charge in [0.15, 0.2) is 0 Å². The fourth-order valence-corrected chi connectivity index (χ4v) is 3.53. The van der Waals surface area contributed by atoms with Gasteiger partial charge in [-0.1, -0.05) is 48.5 Å². The number of hydrogen-bond donors (Lipinski definition) is 2. The number of benzene rings is 3. The Kier molecular flexibility index (Phi) is 6.12. The topological polar surface area (TPSA) is 88.5 Å². The van der Waals surface area contributed by atoms with E-state index in [1.165, 1.54) is 0 Å². The Labute approximate surface area is 185 Å². The molecule has 0 aliphatic heterocycles. The van der Waals surface area contributed by atoms with Gasteiger partial charge in [-0.25, -0.2) is 9.78 Å². The van der Waals surface area contributed by atoms with Gasteiger partial charge in [0.2, 0.25) is 0 Å². The number of aryl methyl sites for hydroxylation is 1. The summed E-state index contributed by atoms with van der Waals surface area (Å²) in [6, 6.07) is 23.9. The number of carboxylic acids is 1. The molecule has 6 heteroatoms. The normalized spacial score (nSPS) is 10.7. The van der Waals surface area contributed by atoms with Crippen molar-refractivity contribution in [2.45, 2.75) is 20.1 Å². The molecule has 3 aromatic carbocycles. The summed E-state index contributed by atoms with van der Waals surface area (Å²) in [6.45, 7) is 2.13. The number of pyridine rings is 1. The number of carbonyl (C=O) groups is 2. The van der Waals surface area contributed by atoms with Crippen molar-refractivity contribution in [2.24, 2.45) is 0 Å². The molecule has 0 bridgehead atoms. The van der Waals surface area contributed by atoms with Crippen LogP contribution in [0.25, 0.3) is 10.9 Å². The minimum atomic E-state index is -1.01. The summed E-state index contributed by atoms with van der Waals surface area (Å²) in [5, 5.41) is 13.3. The van der Waals surface area contributed by atoms with E-state index in [1.54, 1.807) is 49.4 Å². The first-order chi connectivity index (χ1) is 15.5. The van der Waals surface area contributed by atoms with Gasteiger partial charge in [0.05, 0.1) is 16.8 Å². The minimum Gasteiger partial charge on any atom is -0.487 e. The highest BCUT2D eigenvalue weighted by molar-refractivity contribution is 5.95.